The largest absolute Gasteiger partial charge is 0.436 e. The smallest absolute Gasteiger partial charge is 0.422 e. The minimum absolute atomic E-state index is 0.141. The van der Waals surface area contributed by atoms with Gasteiger partial charge in [-0.05, 0) is 48.0 Å². The molecular formula is C29H25ClN4O5. The summed E-state index contributed by atoms with van der Waals surface area (Å²) in [6, 6.07) is 18.0. The summed E-state index contributed by atoms with van der Waals surface area (Å²) in [6.45, 7) is 1.06. The molecule has 3 aliphatic heterocycles. The number of halogens is 1. The van der Waals surface area contributed by atoms with Crippen LogP contribution in [0.2, 0.25) is 5.02 Å². The first-order valence-electron chi connectivity index (χ1n) is 12.7. The molecule has 0 bridgehead atoms. The maximum atomic E-state index is 14.1. The van der Waals surface area contributed by atoms with Gasteiger partial charge in [-0.15, -0.1) is 0 Å². The third kappa shape index (κ3) is 4.64. The first kappa shape index (κ1) is 25.1. The molecule has 4 amide bonds. The Balaban J connectivity index is 1.34. The summed E-state index contributed by atoms with van der Waals surface area (Å²) in [5.74, 6) is -1.28. The summed E-state index contributed by atoms with van der Waals surface area (Å²) < 4.78 is 5.89. The van der Waals surface area contributed by atoms with E-state index < -0.39 is 29.6 Å². The number of nitrogens with zero attached hydrogens (tertiary/aromatic N) is 1. The van der Waals surface area contributed by atoms with Crippen LogP contribution in [0, 0.1) is 0 Å². The topological polar surface area (TPSA) is 117 Å². The lowest BCUT2D eigenvalue weighted by molar-refractivity contribution is -0.120. The van der Waals surface area contributed by atoms with E-state index in [1.165, 1.54) is 0 Å². The van der Waals surface area contributed by atoms with Crippen LogP contribution in [0.5, 0.6) is 0 Å². The number of carbonyl (C=O) groups is 4. The highest BCUT2D eigenvalue weighted by atomic mass is 35.5. The van der Waals surface area contributed by atoms with Gasteiger partial charge in [0, 0.05) is 41.2 Å². The third-order valence-electron chi connectivity index (χ3n) is 7.38. The second-order valence-electron chi connectivity index (χ2n) is 9.94. The van der Waals surface area contributed by atoms with Gasteiger partial charge >= 0.3 is 6.09 Å². The van der Waals surface area contributed by atoms with Crippen molar-refractivity contribution < 1.29 is 23.9 Å². The lowest BCUT2D eigenvalue weighted by atomic mass is 9.89. The number of hydrogen-bond acceptors (Lipinski definition) is 6. The minimum Gasteiger partial charge on any atom is -0.436 e. The van der Waals surface area contributed by atoms with E-state index in [0.717, 1.165) is 16.0 Å². The average molecular weight is 545 g/mol. The van der Waals surface area contributed by atoms with E-state index in [4.69, 9.17) is 16.3 Å². The number of carbonyl (C=O) groups excluding carboxylic acids is 4. The number of rotatable bonds is 5. The van der Waals surface area contributed by atoms with Crippen molar-refractivity contribution in [3.63, 3.8) is 0 Å². The number of hydrogen-bond donors (Lipinski definition) is 3. The van der Waals surface area contributed by atoms with Crippen molar-refractivity contribution in [2.24, 2.45) is 0 Å². The van der Waals surface area contributed by atoms with Gasteiger partial charge in [-0.25, -0.2) is 9.69 Å². The van der Waals surface area contributed by atoms with Crippen molar-refractivity contribution in [1.29, 1.82) is 0 Å². The Hall–Kier alpha value is -4.21. The van der Waals surface area contributed by atoms with E-state index in [-0.39, 0.29) is 24.3 Å². The van der Waals surface area contributed by atoms with Crippen LogP contribution in [0.15, 0.2) is 66.7 Å². The molecule has 3 aromatic carbocycles. The fourth-order valence-corrected chi connectivity index (χ4v) is 5.60. The molecule has 1 fully saturated rings. The van der Waals surface area contributed by atoms with Crippen LogP contribution in [0.4, 0.5) is 16.2 Å². The summed E-state index contributed by atoms with van der Waals surface area (Å²) >= 11 is 6.31. The van der Waals surface area contributed by atoms with E-state index in [1.54, 1.807) is 36.4 Å². The fourth-order valence-electron chi connectivity index (χ4n) is 5.43. The zero-order valence-electron chi connectivity index (χ0n) is 20.8. The molecule has 1 spiro atoms. The molecule has 39 heavy (non-hydrogen) atoms. The molecule has 3 aromatic rings. The van der Waals surface area contributed by atoms with Gasteiger partial charge in [-0.3, -0.25) is 14.4 Å². The standard InChI is InChI=1S/C29H25ClN4O5/c30-20-8-9-24-21(15-20)29(10-11-31-16-29)39-28(38)34(24)27(37)23(12-17-4-2-1-3-5-17)33-26(36)19-7-6-18-14-25(35)32-22(18)13-19/h1-9,13,15,23,31H,10-12,14,16H2,(H,32,35)(H,33,36)/t23-,29?/m0/s1. The Morgan fingerprint density at radius 3 is 2.67 bits per heavy atom. The zero-order valence-corrected chi connectivity index (χ0v) is 21.6. The quantitative estimate of drug-likeness (QED) is 0.452. The second kappa shape index (κ2) is 9.83. The molecule has 6 rings (SSSR count). The first-order chi connectivity index (χ1) is 18.8. The van der Waals surface area contributed by atoms with Crippen molar-refractivity contribution in [1.82, 2.24) is 10.6 Å². The molecule has 0 aromatic heterocycles. The van der Waals surface area contributed by atoms with Crippen molar-refractivity contribution >= 4 is 46.8 Å². The van der Waals surface area contributed by atoms with Gasteiger partial charge in [-0.1, -0.05) is 48.0 Å². The highest BCUT2D eigenvalue weighted by molar-refractivity contribution is 6.31. The van der Waals surface area contributed by atoms with Crippen molar-refractivity contribution in [2.75, 3.05) is 23.3 Å². The zero-order chi connectivity index (χ0) is 27.1. The molecular weight excluding hydrogens is 520 g/mol. The van der Waals surface area contributed by atoms with Crippen LogP contribution in [0.25, 0.3) is 0 Å². The van der Waals surface area contributed by atoms with Crippen molar-refractivity contribution in [3.05, 3.63) is 94.0 Å². The molecule has 198 valence electrons. The van der Waals surface area contributed by atoms with Gasteiger partial charge in [0.2, 0.25) is 5.91 Å². The molecule has 3 N–H and O–H groups in total. The van der Waals surface area contributed by atoms with Crippen LogP contribution in [0.1, 0.15) is 33.5 Å². The number of fused-ring (bicyclic) bond motifs is 3. The molecule has 9 nitrogen and oxygen atoms in total. The summed E-state index contributed by atoms with van der Waals surface area (Å²) in [7, 11) is 0. The van der Waals surface area contributed by atoms with Crippen LogP contribution in [-0.4, -0.2) is 42.9 Å². The van der Waals surface area contributed by atoms with Crippen LogP contribution in [0.3, 0.4) is 0 Å². The van der Waals surface area contributed by atoms with Crippen LogP contribution < -0.4 is 20.9 Å². The minimum atomic E-state index is -1.09. The predicted molar refractivity (Wildman–Crippen MR) is 145 cm³/mol. The Morgan fingerprint density at radius 1 is 1.08 bits per heavy atom. The molecule has 1 unspecified atom stereocenters. The van der Waals surface area contributed by atoms with Gasteiger partial charge < -0.3 is 20.7 Å². The van der Waals surface area contributed by atoms with Gasteiger partial charge in [0.25, 0.3) is 11.8 Å². The van der Waals surface area contributed by atoms with Crippen LogP contribution in [-0.2, 0) is 32.8 Å². The van der Waals surface area contributed by atoms with Gasteiger partial charge in [-0.2, -0.15) is 0 Å². The number of amides is 4. The Bertz CT molecular complexity index is 1500. The van der Waals surface area contributed by atoms with E-state index in [2.05, 4.69) is 16.0 Å². The number of ether oxygens (including phenoxy) is 1. The summed E-state index contributed by atoms with van der Waals surface area (Å²) in [6.07, 6.45) is 0.148. The van der Waals surface area contributed by atoms with Gasteiger partial charge in [0.15, 0.2) is 5.60 Å². The number of anilines is 2. The van der Waals surface area contributed by atoms with Gasteiger partial charge in [0.05, 0.1) is 12.1 Å². The maximum Gasteiger partial charge on any atom is 0.422 e. The molecule has 10 heteroatoms. The third-order valence-corrected chi connectivity index (χ3v) is 7.61. The monoisotopic (exact) mass is 544 g/mol. The summed E-state index contributed by atoms with van der Waals surface area (Å²) in [4.78, 5) is 53.6. The Labute approximate surface area is 229 Å². The normalized spacial score (nSPS) is 20.2. The van der Waals surface area contributed by atoms with Crippen LogP contribution >= 0.6 is 11.6 Å². The summed E-state index contributed by atoms with van der Waals surface area (Å²) in [5.41, 5.74) is 2.57. The highest BCUT2D eigenvalue weighted by Gasteiger charge is 2.49. The molecule has 0 aliphatic carbocycles. The number of nitrogens with one attached hydrogen (secondary N) is 3. The van der Waals surface area contributed by atoms with E-state index in [9.17, 15) is 19.2 Å². The lowest BCUT2D eigenvalue weighted by Gasteiger charge is -2.40. The average Bonchev–Trinajstić information content (AvgIpc) is 3.54. The molecule has 1 saturated heterocycles. The van der Waals surface area contributed by atoms with E-state index in [1.807, 2.05) is 30.3 Å². The molecule has 0 saturated carbocycles. The number of imide groups is 1. The van der Waals surface area contributed by atoms with Crippen molar-refractivity contribution in [2.45, 2.75) is 30.9 Å². The van der Waals surface area contributed by atoms with Crippen molar-refractivity contribution in [3.8, 4) is 0 Å². The molecule has 3 aliphatic rings. The fraction of sp³-hybridized carbons (Fsp3) is 0.241. The lowest BCUT2D eigenvalue weighted by Crippen LogP contribution is -2.56. The van der Waals surface area contributed by atoms with E-state index >= 15 is 0 Å². The van der Waals surface area contributed by atoms with Gasteiger partial charge in [0.1, 0.15) is 6.04 Å². The first-order valence-corrected chi connectivity index (χ1v) is 13.1. The SMILES string of the molecule is O=C1Cc2ccc(C(=O)N[C@@H](Cc3ccccc3)C(=O)N3C(=O)OC4(CCNC4)c4cc(Cl)ccc43)cc2N1. The highest BCUT2D eigenvalue weighted by Crippen LogP contribution is 2.44. The molecule has 0 radical (unpaired) electrons. The van der Waals surface area contributed by atoms with E-state index in [0.29, 0.717) is 41.5 Å². The summed E-state index contributed by atoms with van der Waals surface area (Å²) in [5, 5.41) is 9.23. The Kier molecular flexibility index (Phi) is 6.32. The molecule has 3 heterocycles. The maximum absolute atomic E-state index is 14.1. The second-order valence-corrected chi connectivity index (χ2v) is 10.4. The Morgan fingerprint density at radius 2 is 1.90 bits per heavy atom. The predicted octanol–water partition coefficient (Wildman–Crippen LogP) is 3.55. The molecule has 2 atom stereocenters. The number of benzene rings is 3.